The van der Waals surface area contributed by atoms with Gasteiger partial charge in [0.15, 0.2) is 5.58 Å². The smallest absolute Gasteiger partial charge is 0.161 e. The van der Waals surface area contributed by atoms with E-state index in [-0.39, 0.29) is 5.41 Å². The summed E-state index contributed by atoms with van der Waals surface area (Å²) in [4.78, 5) is 14.2. The van der Waals surface area contributed by atoms with Crippen LogP contribution in [0.15, 0.2) is 144 Å². The number of hydrogen-bond acceptors (Lipinski definition) is 3. The van der Waals surface area contributed by atoms with Crippen LogP contribution < -0.4 is 0 Å². The van der Waals surface area contributed by atoms with Gasteiger partial charge in [0, 0.05) is 57.0 Å². The standard InChI is InChI=1S/C47H36N4O/c1-47(2,3)32-26-37-34-15-8-10-18-39(34)49-43(37)38(27-32)46-50-44-33(17-12-19-40(44)51(46)4)30-23-29(28-13-6-5-7-14-28)24-31(25-30)42-45-36(21-22-48-42)35-16-9-11-20-41(35)52-45/h5-27,49H,1-4H3. The van der Waals surface area contributed by atoms with Gasteiger partial charge in [0.2, 0.25) is 0 Å². The Balaban J connectivity index is 1.22. The van der Waals surface area contributed by atoms with Gasteiger partial charge in [0.1, 0.15) is 17.1 Å². The summed E-state index contributed by atoms with van der Waals surface area (Å²) in [5, 5.41) is 4.59. The van der Waals surface area contributed by atoms with E-state index < -0.39 is 0 Å². The number of imidazole rings is 1. The molecule has 0 atom stereocenters. The molecular weight excluding hydrogens is 637 g/mol. The molecule has 0 saturated carbocycles. The van der Waals surface area contributed by atoms with Crippen molar-refractivity contribution in [1.82, 2.24) is 19.5 Å². The number of hydrogen-bond donors (Lipinski definition) is 1. The van der Waals surface area contributed by atoms with Gasteiger partial charge in [-0.3, -0.25) is 4.98 Å². The molecule has 5 nitrogen and oxygen atoms in total. The van der Waals surface area contributed by atoms with Crippen LogP contribution in [0.1, 0.15) is 26.3 Å². The van der Waals surface area contributed by atoms with Crippen LogP contribution in [-0.4, -0.2) is 19.5 Å². The van der Waals surface area contributed by atoms with E-state index >= 15 is 0 Å². The maximum Gasteiger partial charge on any atom is 0.161 e. The molecule has 10 rings (SSSR count). The lowest BCUT2D eigenvalue weighted by Crippen LogP contribution is -2.11. The zero-order valence-electron chi connectivity index (χ0n) is 29.5. The number of H-pyrrole nitrogens is 1. The van der Waals surface area contributed by atoms with Crippen LogP contribution in [0.2, 0.25) is 0 Å². The van der Waals surface area contributed by atoms with Crippen LogP contribution in [0.25, 0.3) is 99.7 Å². The molecule has 4 heterocycles. The van der Waals surface area contributed by atoms with Gasteiger partial charge in [-0.25, -0.2) is 4.98 Å². The minimum absolute atomic E-state index is 0.0396. The Morgan fingerprint density at radius 3 is 2.21 bits per heavy atom. The Kier molecular flexibility index (Phi) is 6.58. The third kappa shape index (κ3) is 4.70. The van der Waals surface area contributed by atoms with Crippen LogP contribution in [0, 0.1) is 0 Å². The number of furan rings is 1. The number of nitrogens with zero attached hydrogens (tertiary/aromatic N) is 3. The van der Waals surface area contributed by atoms with E-state index in [1.165, 1.54) is 16.3 Å². The maximum absolute atomic E-state index is 6.48. The minimum atomic E-state index is -0.0396. The predicted molar refractivity (Wildman–Crippen MR) is 216 cm³/mol. The fourth-order valence-electron chi connectivity index (χ4n) is 7.82. The van der Waals surface area contributed by atoms with Crippen LogP contribution >= 0.6 is 0 Å². The Labute approximate surface area is 301 Å². The number of aryl methyl sites for hydroxylation is 1. The van der Waals surface area contributed by atoms with E-state index in [2.05, 4.69) is 153 Å². The minimum Gasteiger partial charge on any atom is -0.454 e. The molecule has 0 bridgehead atoms. The molecule has 250 valence electrons. The molecule has 5 heteroatoms. The molecule has 4 aromatic heterocycles. The molecule has 0 aliphatic carbocycles. The Hall–Kier alpha value is -6.46. The highest BCUT2D eigenvalue weighted by molar-refractivity contribution is 6.13. The van der Waals surface area contributed by atoms with Crippen LogP contribution in [0.4, 0.5) is 0 Å². The van der Waals surface area contributed by atoms with E-state index in [0.717, 1.165) is 88.9 Å². The van der Waals surface area contributed by atoms with Gasteiger partial charge < -0.3 is 14.0 Å². The second-order valence-electron chi connectivity index (χ2n) is 14.8. The first kappa shape index (κ1) is 30.4. The number of pyridine rings is 1. The second-order valence-corrected chi connectivity index (χ2v) is 14.8. The van der Waals surface area contributed by atoms with Gasteiger partial charge in [-0.1, -0.05) is 99.6 Å². The first-order valence-electron chi connectivity index (χ1n) is 17.8. The molecule has 0 aliphatic rings. The van der Waals surface area contributed by atoms with Gasteiger partial charge in [0.05, 0.1) is 16.6 Å². The first-order valence-corrected chi connectivity index (χ1v) is 17.8. The quantitative estimate of drug-likeness (QED) is 0.202. The third-order valence-corrected chi connectivity index (χ3v) is 10.6. The Morgan fingerprint density at radius 2 is 1.37 bits per heavy atom. The van der Waals surface area contributed by atoms with Gasteiger partial charge >= 0.3 is 0 Å². The summed E-state index contributed by atoms with van der Waals surface area (Å²) in [6.45, 7) is 6.83. The maximum atomic E-state index is 6.48. The SMILES string of the molecule is Cn1c(-c2cc(C(C)(C)C)cc3c2[nH]c2ccccc23)nc2c(-c3cc(-c4ccccc4)cc(-c4nccc5c4oc4ccccc45)c3)cccc21. The van der Waals surface area contributed by atoms with E-state index in [9.17, 15) is 0 Å². The second kappa shape index (κ2) is 11.3. The molecule has 1 N–H and O–H groups in total. The molecule has 0 fully saturated rings. The van der Waals surface area contributed by atoms with E-state index in [1.54, 1.807) is 0 Å². The number of fused-ring (bicyclic) bond motifs is 7. The summed E-state index contributed by atoms with van der Waals surface area (Å²) >= 11 is 0. The molecular formula is C47H36N4O. The Morgan fingerprint density at radius 1 is 0.615 bits per heavy atom. The lowest BCUT2D eigenvalue weighted by Gasteiger charge is -2.20. The monoisotopic (exact) mass is 672 g/mol. The van der Waals surface area contributed by atoms with E-state index in [4.69, 9.17) is 14.4 Å². The molecule has 0 radical (unpaired) electrons. The van der Waals surface area contributed by atoms with Crippen molar-refractivity contribution >= 4 is 54.8 Å². The van der Waals surface area contributed by atoms with Crippen molar-refractivity contribution in [3.05, 3.63) is 145 Å². The Bertz CT molecular complexity index is 3010. The van der Waals surface area contributed by atoms with Crippen molar-refractivity contribution in [1.29, 1.82) is 0 Å². The van der Waals surface area contributed by atoms with Crippen LogP contribution in [0.5, 0.6) is 0 Å². The zero-order chi connectivity index (χ0) is 35.1. The lowest BCUT2D eigenvalue weighted by molar-refractivity contribution is 0.591. The van der Waals surface area contributed by atoms with Crippen molar-refractivity contribution < 1.29 is 4.42 Å². The summed E-state index contributed by atoms with van der Waals surface area (Å²) in [5.41, 5.74) is 14.4. The summed E-state index contributed by atoms with van der Waals surface area (Å²) in [5.74, 6) is 0.929. The van der Waals surface area contributed by atoms with Gasteiger partial charge in [-0.05, 0) is 82.3 Å². The summed E-state index contributed by atoms with van der Waals surface area (Å²) in [6, 6.07) is 47.2. The number of nitrogens with one attached hydrogen (secondary N) is 1. The molecule has 0 unspecified atom stereocenters. The number of rotatable bonds is 4. The number of benzene rings is 6. The highest BCUT2D eigenvalue weighted by atomic mass is 16.3. The van der Waals surface area contributed by atoms with Crippen molar-refractivity contribution in [2.24, 2.45) is 7.05 Å². The van der Waals surface area contributed by atoms with Crippen molar-refractivity contribution in [2.75, 3.05) is 0 Å². The summed E-state index contributed by atoms with van der Waals surface area (Å²) in [6.07, 6.45) is 1.89. The van der Waals surface area contributed by atoms with Gasteiger partial charge in [-0.2, -0.15) is 0 Å². The topological polar surface area (TPSA) is 59.6 Å². The van der Waals surface area contributed by atoms with Gasteiger partial charge in [-0.15, -0.1) is 0 Å². The molecule has 0 aliphatic heterocycles. The highest BCUT2D eigenvalue weighted by Crippen LogP contribution is 2.42. The molecule has 6 aromatic carbocycles. The fourth-order valence-corrected chi connectivity index (χ4v) is 7.82. The predicted octanol–water partition coefficient (Wildman–Crippen LogP) is 12.5. The van der Waals surface area contributed by atoms with E-state index in [0.29, 0.717) is 0 Å². The number of aromatic nitrogens is 4. The average molecular weight is 673 g/mol. The first-order chi connectivity index (χ1) is 25.3. The summed E-state index contributed by atoms with van der Waals surface area (Å²) < 4.78 is 8.72. The lowest BCUT2D eigenvalue weighted by atomic mass is 9.85. The largest absolute Gasteiger partial charge is 0.454 e. The van der Waals surface area contributed by atoms with Crippen molar-refractivity contribution in [3.8, 4) is 44.9 Å². The number of para-hydroxylation sites is 3. The number of aromatic amines is 1. The molecule has 0 saturated heterocycles. The molecule has 10 aromatic rings. The molecule has 0 spiro atoms. The third-order valence-electron chi connectivity index (χ3n) is 10.6. The van der Waals surface area contributed by atoms with Crippen LogP contribution in [-0.2, 0) is 12.5 Å². The van der Waals surface area contributed by atoms with E-state index in [1.807, 2.05) is 24.4 Å². The molecule has 0 amide bonds. The fraction of sp³-hybridized carbons (Fsp3) is 0.106. The highest BCUT2D eigenvalue weighted by Gasteiger charge is 2.23. The zero-order valence-corrected chi connectivity index (χ0v) is 29.5. The van der Waals surface area contributed by atoms with Crippen LogP contribution in [0.3, 0.4) is 0 Å². The normalized spacial score (nSPS) is 12.2. The van der Waals surface area contributed by atoms with Crippen molar-refractivity contribution in [2.45, 2.75) is 26.2 Å². The summed E-state index contributed by atoms with van der Waals surface area (Å²) in [7, 11) is 2.13. The average Bonchev–Trinajstić information content (AvgIpc) is 3.85. The molecule has 52 heavy (non-hydrogen) atoms. The van der Waals surface area contributed by atoms with Crippen molar-refractivity contribution in [3.63, 3.8) is 0 Å². The van der Waals surface area contributed by atoms with Gasteiger partial charge in [0.25, 0.3) is 0 Å².